The predicted octanol–water partition coefficient (Wildman–Crippen LogP) is 4.89. The molecule has 1 saturated carbocycles. The lowest BCUT2D eigenvalue weighted by molar-refractivity contribution is -0.126. The number of benzene rings is 1. The minimum atomic E-state index is -0.420. The second kappa shape index (κ2) is 7.87. The summed E-state index contributed by atoms with van der Waals surface area (Å²) in [5, 5.41) is 12.6. The number of halogens is 1. The van der Waals surface area contributed by atoms with E-state index in [1.807, 2.05) is 46.6 Å². The molecule has 1 N–H and O–H groups in total. The zero-order valence-corrected chi connectivity index (χ0v) is 16.6. The van der Waals surface area contributed by atoms with Crippen LogP contribution in [0.15, 0.2) is 53.4 Å². The number of thiophene rings is 1. The summed E-state index contributed by atoms with van der Waals surface area (Å²) < 4.78 is 1.89. The molecular formula is C21H22ClN3OS. The molecule has 1 aliphatic rings. The number of carbonyl (C=O) groups excluding carboxylic acids is 1. The van der Waals surface area contributed by atoms with Gasteiger partial charge in [0.1, 0.15) is 0 Å². The van der Waals surface area contributed by atoms with Gasteiger partial charge in [-0.05, 0) is 48.1 Å². The fraction of sp³-hybridized carbons (Fsp3) is 0.333. The molecule has 27 heavy (non-hydrogen) atoms. The van der Waals surface area contributed by atoms with Gasteiger partial charge in [-0.3, -0.25) is 9.48 Å². The van der Waals surface area contributed by atoms with Crippen LogP contribution in [-0.2, 0) is 16.8 Å². The van der Waals surface area contributed by atoms with Gasteiger partial charge in [0.15, 0.2) is 0 Å². The van der Waals surface area contributed by atoms with Crippen LogP contribution in [0.1, 0.15) is 31.2 Å². The van der Waals surface area contributed by atoms with Gasteiger partial charge >= 0.3 is 0 Å². The topological polar surface area (TPSA) is 46.9 Å². The Labute approximate surface area is 168 Å². The van der Waals surface area contributed by atoms with E-state index in [4.69, 9.17) is 11.6 Å². The number of hydrogen-bond donors (Lipinski definition) is 1. The third kappa shape index (κ3) is 3.80. The molecule has 0 spiro atoms. The smallest absolute Gasteiger partial charge is 0.230 e. The van der Waals surface area contributed by atoms with Gasteiger partial charge < -0.3 is 5.32 Å². The largest absolute Gasteiger partial charge is 0.353 e. The molecule has 0 bridgehead atoms. The normalized spacial score (nSPS) is 15.7. The van der Waals surface area contributed by atoms with Crippen molar-refractivity contribution in [2.75, 3.05) is 6.54 Å². The van der Waals surface area contributed by atoms with E-state index in [1.54, 1.807) is 11.3 Å². The Hall–Kier alpha value is -2.11. The SMILES string of the molecule is O=C(NCCn1ccc(-c2ccsc2)n1)C1(c2ccc(Cl)cc2)CCCC1. The highest BCUT2D eigenvalue weighted by molar-refractivity contribution is 7.08. The zero-order chi connectivity index (χ0) is 18.7. The molecular weight excluding hydrogens is 378 g/mol. The lowest BCUT2D eigenvalue weighted by atomic mass is 9.78. The Morgan fingerprint density at radius 2 is 1.96 bits per heavy atom. The summed E-state index contributed by atoms with van der Waals surface area (Å²) in [6, 6.07) is 11.8. The van der Waals surface area contributed by atoms with Crippen molar-refractivity contribution in [3.8, 4) is 11.3 Å². The number of nitrogens with one attached hydrogen (secondary N) is 1. The average molecular weight is 400 g/mol. The fourth-order valence-corrected chi connectivity index (χ4v) is 4.67. The molecule has 1 amide bonds. The number of carbonyl (C=O) groups is 1. The van der Waals surface area contributed by atoms with Crippen LogP contribution in [0.5, 0.6) is 0 Å². The third-order valence-electron chi connectivity index (χ3n) is 5.37. The van der Waals surface area contributed by atoms with Crippen molar-refractivity contribution in [1.29, 1.82) is 0 Å². The monoisotopic (exact) mass is 399 g/mol. The van der Waals surface area contributed by atoms with E-state index in [1.165, 1.54) is 0 Å². The molecule has 1 fully saturated rings. The Morgan fingerprint density at radius 1 is 1.19 bits per heavy atom. The van der Waals surface area contributed by atoms with Crippen molar-refractivity contribution >= 4 is 28.8 Å². The van der Waals surface area contributed by atoms with Crippen molar-refractivity contribution < 1.29 is 4.79 Å². The first kappa shape index (κ1) is 18.3. The Morgan fingerprint density at radius 3 is 2.67 bits per heavy atom. The first-order valence-electron chi connectivity index (χ1n) is 9.28. The molecule has 1 aliphatic carbocycles. The minimum absolute atomic E-state index is 0.118. The van der Waals surface area contributed by atoms with Crippen LogP contribution in [0.25, 0.3) is 11.3 Å². The standard InChI is InChI=1S/C21H22ClN3OS/c22-18-5-3-17(4-6-18)21(9-1-2-10-21)20(26)23-11-13-25-12-7-19(24-25)16-8-14-27-15-16/h3-8,12,14-15H,1-2,9-11,13H2,(H,23,26). The predicted molar refractivity (Wildman–Crippen MR) is 110 cm³/mol. The molecule has 0 unspecified atom stereocenters. The lowest BCUT2D eigenvalue weighted by Gasteiger charge is -2.28. The first-order valence-corrected chi connectivity index (χ1v) is 10.6. The molecule has 2 aromatic heterocycles. The maximum Gasteiger partial charge on any atom is 0.230 e. The number of rotatable bonds is 6. The molecule has 4 nitrogen and oxygen atoms in total. The van der Waals surface area contributed by atoms with Gasteiger partial charge in [-0.1, -0.05) is 36.6 Å². The number of aromatic nitrogens is 2. The Bertz CT molecular complexity index is 896. The van der Waals surface area contributed by atoms with Crippen molar-refractivity contribution in [3.63, 3.8) is 0 Å². The number of amides is 1. The first-order chi connectivity index (χ1) is 13.2. The summed E-state index contributed by atoms with van der Waals surface area (Å²) in [5.74, 6) is 0.118. The zero-order valence-electron chi connectivity index (χ0n) is 15.0. The minimum Gasteiger partial charge on any atom is -0.353 e. The third-order valence-corrected chi connectivity index (χ3v) is 6.31. The molecule has 0 aliphatic heterocycles. The van der Waals surface area contributed by atoms with E-state index in [-0.39, 0.29) is 5.91 Å². The van der Waals surface area contributed by atoms with Gasteiger partial charge in [0, 0.05) is 28.7 Å². The van der Waals surface area contributed by atoms with Gasteiger partial charge in [-0.2, -0.15) is 16.4 Å². The van der Waals surface area contributed by atoms with Crippen LogP contribution in [0.3, 0.4) is 0 Å². The van der Waals surface area contributed by atoms with E-state index in [0.29, 0.717) is 18.1 Å². The van der Waals surface area contributed by atoms with E-state index in [0.717, 1.165) is 42.5 Å². The van der Waals surface area contributed by atoms with Crippen molar-refractivity contribution in [1.82, 2.24) is 15.1 Å². The van der Waals surface area contributed by atoms with Gasteiger partial charge in [0.25, 0.3) is 0 Å². The van der Waals surface area contributed by atoms with E-state index in [2.05, 4.69) is 21.9 Å². The summed E-state index contributed by atoms with van der Waals surface area (Å²) >= 11 is 7.69. The van der Waals surface area contributed by atoms with Crippen molar-refractivity contribution in [2.45, 2.75) is 37.6 Å². The van der Waals surface area contributed by atoms with Crippen LogP contribution < -0.4 is 5.32 Å². The van der Waals surface area contributed by atoms with Crippen LogP contribution in [0, 0.1) is 0 Å². The molecule has 140 valence electrons. The van der Waals surface area contributed by atoms with Crippen molar-refractivity contribution in [3.05, 3.63) is 63.9 Å². The summed E-state index contributed by atoms with van der Waals surface area (Å²) in [7, 11) is 0. The maximum atomic E-state index is 13.1. The second-order valence-corrected chi connectivity index (χ2v) is 8.24. The van der Waals surface area contributed by atoms with Crippen LogP contribution >= 0.6 is 22.9 Å². The van der Waals surface area contributed by atoms with Crippen LogP contribution in [-0.4, -0.2) is 22.2 Å². The quantitative estimate of drug-likeness (QED) is 0.641. The Balaban J connectivity index is 1.40. The highest BCUT2D eigenvalue weighted by Gasteiger charge is 2.42. The van der Waals surface area contributed by atoms with Crippen molar-refractivity contribution in [2.24, 2.45) is 0 Å². The summed E-state index contributed by atoms with van der Waals surface area (Å²) in [5.41, 5.74) is 2.75. The average Bonchev–Trinajstić information content (AvgIpc) is 3.43. The highest BCUT2D eigenvalue weighted by atomic mass is 35.5. The molecule has 0 atom stereocenters. The maximum absolute atomic E-state index is 13.1. The highest BCUT2D eigenvalue weighted by Crippen LogP contribution is 2.41. The number of nitrogens with zero attached hydrogens (tertiary/aromatic N) is 2. The molecule has 2 heterocycles. The van der Waals surface area contributed by atoms with Gasteiger partial charge in [-0.25, -0.2) is 0 Å². The van der Waals surface area contributed by atoms with E-state index < -0.39 is 5.41 Å². The molecule has 6 heteroatoms. The summed E-state index contributed by atoms with van der Waals surface area (Å²) in [6.45, 7) is 1.23. The molecule has 0 saturated heterocycles. The Kier molecular flexibility index (Phi) is 5.32. The molecule has 1 aromatic carbocycles. The van der Waals surface area contributed by atoms with E-state index in [9.17, 15) is 4.79 Å². The second-order valence-electron chi connectivity index (χ2n) is 7.03. The van der Waals surface area contributed by atoms with Crippen LogP contribution in [0.2, 0.25) is 5.02 Å². The lowest BCUT2D eigenvalue weighted by Crippen LogP contribution is -2.43. The van der Waals surface area contributed by atoms with Gasteiger partial charge in [0.05, 0.1) is 17.7 Å². The molecule has 0 radical (unpaired) electrons. The summed E-state index contributed by atoms with van der Waals surface area (Å²) in [6.07, 6.45) is 5.91. The van der Waals surface area contributed by atoms with Gasteiger partial charge in [0.2, 0.25) is 5.91 Å². The molecule has 3 aromatic rings. The number of hydrogen-bond acceptors (Lipinski definition) is 3. The van der Waals surface area contributed by atoms with Gasteiger partial charge in [-0.15, -0.1) is 0 Å². The van der Waals surface area contributed by atoms with E-state index >= 15 is 0 Å². The fourth-order valence-electron chi connectivity index (χ4n) is 3.90. The molecule has 4 rings (SSSR count). The van der Waals surface area contributed by atoms with Crippen LogP contribution in [0.4, 0.5) is 0 Å². The summed E-state index contributed by atoms with van der Waals surface area (Å²) in [4.78, 5) is 13.1.